The number of aryl methyl sites for hydroxylation is 1. The lowest BCUT2D eigenvalue weighted by molar-refractivity contribution is -0.120. The molecule has 0 bridgehead atoms. The highest BCUT2D eigenvalue weighted by Gasteiger charge is 2.11. The predicted octanol–water partition coefficient (Wildman–Crippen LogP) is 1.65. The number of amides is 2. The molecule has 2 aromatic rings. The molecule has 1 aliphatic rings. The van der Waals surface area contributed by atoms with Crippen molar-refractivity contribution in [3.8, 4) is 11.5 Å². The monoisotopic (exact) mass is 353 g/mol. The Morgan fingerprint density at radius 1 is 1.12 bits per heavy atom. The van der Waals surface area contributed by atoms with Crippen molar-refractivity contribution < 1.29 is 19.1 Å². The van der Waals surface area contributed by atoms with E-state index in [0.29, 0.717) is 30.3 Å². The summed E-state index contributed by atoms with van der Waals surface area (Å²) < 4.78 is 10.9. The van der Waals surface area contributed by atoms with Crippen molar-refractivity contribution in [1.82, 2.24) is 10.7 Å². The molecular weight excluding hydrogens is 334 g/mol. The number of fused-ring (bicyclic) bond motifs is 1. The van der Waals surface area contributed by atoms with E-state index in [1.165, 1.54) is 6.21 Å². The zero-order valence-electron chi connectivity index (χ0n) is 14.3. The Morgan fingerprint density at radius 3 is 2.73 bits per heavy atom. The summed E-state index contributed by atoms with van der Waals surface area (Å²) in [5.41, 5.74) is 4.63. The lowest BCUT2D eigenvalue weighted by atomic mass is 10.1. The Labute approximate surface area is 151 Å². The van der Waals surface area contributed by atoms with Gasteiger partial charge in [0.2, 0.25) is 0 Å². The molecule has 1 aliphatic heterocycles. The Kier molecular flexibility index (Phi) is 5.48. The minimum Gasteiger partial charge on any atom is -0.486 e. The molecule has 0 aliphatic carbocycles. The van der Waals surface area contributed by atoms with E-state index in [0.717, 1.165) is 11.1 Å². The maximum Gasteiger partial charge on any atom is 0.259 e. The van der Waals surface area contributed by atoms with E-state index < -0.39 is 5.91 Å². The zero-order valence-corrected chi connectivity index (χ0v) is 14.3. The Hall–Kier alpha value is -3.35. The molecule has 0 saturated heterocycles. The van der Waals surface area contributed by atoms with E-state index in [4.69, 9.17) is 9.47 Å². The van der Waals surface area contributed by atoms with Gasteiger partial charge in [0.05, 0.1) is 12.8 Å². The van der Waals surface area contributed by atoms with Gasteiger partial charge in [0.15, 0.2) is 11.5 Å². The highest BCUT2D eigenvalue weighted by atomic mass is 16.6. The number of benzene rings is 2. The lowest BCUT2D eigenvalue weighted by Crippen LogP contribution is -2.34. The maximum atomic E-state index is 12.0. The van der Waals surface area contributed by atoms with Crippen molar-refractivity contribution in [3.63, 3.8) is 0 Å². The molecule has 1 heterocycles. The van der Waals surface area contributed by atoms with Crippen LogP contribution in [0.3, 0.4) is 0 Å². The van der Waals surface area contributed by atoms with Gasteiger partial charge in [0.1, 0.15) is 13.2 Å². The molecule has 0 saturated carbocycles. The molecule has 26 heavy (non-hydrogen) atoms. The van der Waals surface area contributed by atoms with Crippen LogP contribution in [0.15, 0.2) is 47.6 Å². The first-order chi connectivity index (χ1) is 12.6. The number of nitrogens with zero attached hydrogens (tertiary/aromatic N) is 1. The first-order valence-corrected chi connectivity index (χ1v) is 8.18. The Bertz CT molecular complexity index is 848. The third-order valence-corrected chi connectivity index (χ3v) is 3.66. The van der Waals surface area contributed by atoms with Gasteiger partial charge < -0.3 is 14.8 Å². The molecular formula is C19H19N3O4. The highest BCUT2D eigenvalue weighted by molar-refractivity contribution is 5.96. The van der Waals surface area contributed by atoms with Gasteiger partial charge in [0.25, 0.3) is 11.8 Å². The fourth-order valence-electron chi connectivity index (χ4n) is 2.41. The second-order valence-electron chi connectivity index (χ2n) is 5.75. The van der Waals surface area contributed by atoms with Gasteiger partial charge in [0, 0.05) is 5.56 Å². The second-order valence-corrected chi connectivity index (χ2v) is 5.75. The van der Waals surface area contributed by atoms with Crippen LogP contribution in [-0.4, -0.2) is 37.8 Å². The van der Waals surface area contributed by atoms with Crippen molar-refractivity contribution in [2.45, 2.75) is 6.92 Å². The second kappa shape index (κ2) is 8.15. The van der Waals surface area contributed by atoms with Crippen LogP contribution in [0.5, 0.6) is 11.5 Å². The Balaban J connectivity index is 1.48. The van der Waals surface area contributed by atoms with Gasteiger partial charge >= 0.3 is 0 Å². The molecule has 3 rings (SSSR count). The van der Waals surface area contributed by atoms with Crippen LogP contribution in [0.2, 0.25) is 0 Å². The van der Waals surface area contributed by atoms with Crippen LogP contribution in [0.4, 0.5) is 0 Å². The van der Waals surface area contributed by atoms with Gasteiger partial charge in [-0.1, -0.05) is 17.7 Å². The summed E-state index contributed by atoms with van der Waals surface area (Å²) in [6.07, 6.45) is 1.50. The molecule has 2 amide bonds. The van der Waals surface area contributed by atoms with Gasteiger partial charge in [-0.15, -0.1) is 0 Å². The summed E-state index contributed by atoms with van der Waals surface area (Å²) in [4.78, 5) is 23.8. The number of hydrazone groups is 1. The minimum absolute atomic E-state index is 0.161. The first-order valence-electron chi connectivity index (χ1n) is 8.18. The van der Waals surface area contributed by atoms with Gasteiger partial charge in [-0.05, 0) is 42.8 Å². The van der Waals surface area contributed by atoms with Crippen LogP contribution in [0, 0.1) is 6.92 Å². The lowest BCUT2D eigenvalue weighted by Gasteiger charge is -2.18. The molecule has 134 valence electrons. The standard InChI is InChI=1S/C19H19N3O4/c1-13-3-2-4-15(9-13)19(24)20-12-18(23)22-21-11-14-5-6-16-17(10-14)26-8-7-25-16/h2-6,9-11H,7-8,12H2,1H3,(H,20,24)(H,22,23)/b21-11-. The average Bonchev–Trinajstić information content (AvgIpc) is 2.66. The normalized spacial score (nSPS) is 12.7. The summed E-state index contributed by atoms with van der Waals surface area (Å²) in [5.74, 6) is 0.618. The van der Waals surface area contributed by atoms with Crippen LogP contribution in [-0.2, 0) is 4.79 Å². The summed E-state index contributed by atoms with van der Waals surface area (Å²) in [5, 5.41) is 6.44. The number of ether oxygens (including phenoxy) is 2. The third kappa shape index (κ3) is 4.60. The van der Waals surface area contributed by atoms with E-state index in [9.17, 15) is 9.59 Å². The fourth-order valence-corrected chi connectivity index (χ4v) is 2.41. The SMILES string of the molecule is Cc1cccc(C(=O)NCC(=O)N/N=C\c2ccc3c(c2)OCCO3)c1. The van der Waals surface area contributed by atoms with E-state index in [2.05, 4.69) is 15.8 Å². The summed E-state index contributed by atoms with van der Waals surface area (Å²) in [6.45, 7) is 2.77. The molecule has 0 fully saturated rings. The van der Waals surface area contributed by atoms with Crippen LogP contribution in [0.25, 0.3) is 0 Å². The summed E-state index contributed by atoms with van der Waals surface area (Å²) in [6, 6.07) is 12.5. The number of hydrogen-bond acceptors (Lipinski definition) is 5. The number of carbonyl (C=O) groups is 2. The Morgan fingerprint density at radius 2 is 1.92 bits per heavy atom. The van der Waals surface area contributed by atoms with Crippen molar-refractivity contribution in [2.75, 3.05) is 19.8 Å². The minimum atomic E-state index is -0.417. The number of carbonyl (C=O) groups excluding carboxylic acids is 2. The van der Waals surface area contributed by atoms with Crippen LogP contribution in [0.1, 0.15) is 21.5 Å². The van der Waals surface area contributed by atoms with E-state index in [1.54, 1.807) is 30.3 Å². The molecule has 0 unspecified atom stereocenters. The number of hydrogen-bond donors (Lipinski definition) is 2. The molecule has 0 aromatic heterocycles. The molecule has 0 spiro atoms. The molecule has 7 nitrogen and oxygen atoms in total. The topological polar surface area (TPSA) is 89.0 Å². The van der Waals surface area contributed by atoms with Gasteiger partial charge in [-0.3, -0.25) is 9.59 Å². The molecule has 0 atom stereocenters. The predicted molar refractivity (Wildman–Crippen MR) is 96.7 cm³/mol. The van der Waals surface area contributed by atoms with Crippen LogP contribution >= 0.6 is 0 Å². The van der Waals surface area contributed by atoms with Crippen LogP contribution < -0.4 is 20.2 Å². The van der Waals surface area contributed by atoms with Crippen molar-refractivity contribution in [2.24, 2.45) is 5.10 Å². The van der Waals surface area contributed by atoms with Crippen molar-refractivity contribution in [1.29, 1.82) is 0 Å². The van der Waals surface area contributed by atoms with Gasteiger partial charge in [-0.25, -0.2) is 5.43 Å². The zero-order chi connectivity index (χ0) is 18.4. The van der Waals surface area contributed by atoms with Crippen molar-refractivity contribution >= 4 is 18.0 Å². The first kappa shape index (κ1) is 17.5. The smallest absolute Gasteiger partial charge is 0.259 e. The highest BCUT2D eigenvalue weighted by Crippen LogP contribution is 2.30. The maximum absolute atomic E-state index is 12.0. The molecule has 2 aromatic carbocycles. The van der Waals surface area contributed by atoms with E-state index >= 15 is 0 Å². The van der Waals surface area contributed by atoms with Gasteiger partial charge in [-0.2, -0.15) is 5.10 Å². The average molecular weight is 353 g/mol. The summed E-state index contributed by atoms with van der Waals surface area (Å²) in [7, 11) is 0. The quantitative estimate of drug-likeness (QED) is 0.632. The third-order valence-electron chi connectivity index (χ3n) is 3.66. The largest absolute Gasteiger partial charge is 0.486 e. The molecule has 0 radical (unpaired) electrons. The molecule has 2 N–H and O–H groups in total. The molecule has 7 heteroatoms. The van der Waals surface area contributed by atoms with E-state index in [-0.39, 0.29) is 12.5 Å². The fraction of sp³-hybridized carbons (Fsp3) is 0.211. The van der Waals surface area contributed by atoms with E-state index in [1.807, 2.05) is 19.1 Å². The summed E-state index contributed by atoms with van der Waals surface area (Å²) >= 11 is 0. The van der Waals surface area contributed by atoms with Crippen molar-refractivity contribution in [3.05, 3.63) is 59.2 Å². The number of rotatable bonds is 5. The number of nitrogens with one attached hydrogen (secondary N) is 2.